The highest BCUT2D eigenvalue weighted by molar-refractivity contribution is 5.10. The highest BCUT2D eigenvalue weighted by Gasteiger charge is 2.39. The average Bonchev–Trinajstić information content (AvgIpc) is 2.38. The van der Waals surface area contributed by atoms with Crippen LogP contribution in [-0.2, 0) is 10.3 Å². The van der Waals surface area contributed by atoms with Crippen molar-refractivity contribution in [2.75, 3.05) is 6.61 Å². The molecule has 1 aliphatic rings. The zero-order chi connectivity index (χ0) is 14.0. The highest BCUT2D eigenvalue weighted by Crippen LogP contribution is 2.40. The fraction of sp³-hybridized carbons (Fsp3) is 0.714. The van der Waals surface area contributed by atoms with Crippen LogP contribution in [0.4, 0.5) is 4.39 Å². The van der Waals surface area contributed by atoms with Gasteiger partial charge in [-0.25, -0.2) is 4.98 Å². The van der Waals surface area contributed by atoms with Crippen molar-refractivity contribution in [3.8, 4) is 0 Å². The largest absolute Gasteiger partial charge is 0.367 e. The first-order valence-corrected chi connectivity index (χ1v) is 6.89. The monoisotopic (exact) mass is 268 g/mol. The van der Waals surface area contributed by atoms with Crippen LogP contribution in [0.15, 0.2) is 4.79 Å². The molecule has 0 aromatic carbocycles. The Morgan fingerprint density at radius 3 is 2.63 bits per heavy atom. The van der Waals surface area contributed by atoms with E-state index >= 15 is 0 Å². The number of aromatic nitrogens is 2. The third-order valence-electron chi connectivity index (χ3n) is 3.96. The van der Waals surface area contributed by atoms with E-state index in [1.807, 2.05) is 6.92 Å². The summed E-state index contributed by atoms with van der Waals surface area (Å²) in [7, 11) is 0. The number of nitrogens with one attached hydrogen (secondary N) is 1. The molecule has 1 fully saturated rings. The maximum absolute atomic E-state index is 13.4. The van der Waals surface area contributed by atoms with Crippen molar-refractivity contribution in [3.63, 3.8) is 0 Å². The molecular weight excluding hydrogens is 247 g/mol. The topological polar surface area (TPSA) is 55.0 Å². The lowest BCUT2D eigenvalue weighted by atomic mass is 9.79. The zero-order valence-corrected chi connectivity index (χ0v) is 11.8. The van der Waals surface area contributed by atoms with Gasteiger partial charge in [0, 0.05) is 6.61 Å². The summed E-state index contributed by atoms with van der Waals surface area (Å²) in [4.78, 5) is 18.4. The van der Waals surface area contributed by atoms with E-state index in [4.69, 9.17) is 4.74 Å². The van der Waals surface area contributed by atoms with Crippen LogP contribution in [0.25, 0.3) is 0 Å². The van der Waals surface area contributed by atoms with E-state index < -0.39 is 17.0 Å². The van der Waals surface area contributed by atoms with E-state index in [1.54, 1.807) is 0 Å². The van der Waals surface area contributed by atoms with Gasteiger partial charge >= 0.3 is 0 Å². The lowest BCUT2D eigenvalue weighted by Gasteiger charge is -2.38. The summed E-state index contributed by atoms with van der Waals surface area (Å²) >= 11 is 0. The van der Waals surface area contributed by atoms with Crippen molar-refractivity contribution < 1.29 is 9.13 Å². The molecule has 4 nitrogen and oxygen atoms in total. The number of nitrogens with zero attached hydrogens (tertiary/aromatic N) is 1. The number of ether oxygens (including phenoxy) is 1. The third-order valence-corrected chi connectivity index (χ3v) is 3.96. The molecule has 1 heterocycles. The Morgan fingerprint density at radius 1 is 1.47 bits per heavy atom. The molecule has 1 aromatic heterocycles. The second-order valence-electron chi connectivity index (χ2n) is 5.42. The van der Waals surface area contributed by atoms with Gasteiger partial charge < -0.3 is 9.72 Å². The normalized spacial score (nSPS) is 27.5. The standard InChI is InChI=1S/C14H21FN2O2/c1-4-19-14(7-5-9(2)6-8-14)13-16-10(3)11(15)12(18)17-13/h9H,4-8H2,1-3H3,(H,16,17,18). The molecule has 1 N–H and O–H groups in total. The summed E-state index contributed by atoms with van der Waals surface area (Å²) in [6, 6.07) is 0. The van der Waals surface area contributed by atoms with Gasteiger partial charge in [0.15, 0.2) is 0 Å². The quantitative estimate of drug-likeness (QED) is 0.917. The number of hydrogen-bond donors (Lipinski definition) is 1. The lowest BCUT2D eigenvalue weighted by molar-refractivity contribution is -0.0840. The Morgan fingerprint density at radius 2 is 2.11 bits per heavy atom. The van der Waals surface area contributed by atoms with Crippen molar-refractivity contribution in [3.05, 3.63) is 27.7 Å². The van der Waals surface area contributed by atoms with Gasteiger partial charge in [0.2, 0.25) is 5.82 Å². The lowest BCUT2D eigenvalue weighted by Crippen LogP contribution is -2.38. The van der Waals surface area contributed by atoms with Gasteiger partial charge in [-0.05, 0) is 45.4 Å². The molecule has 0 radical (unpaired) electrons. The van der Waals surface area contributed by atoms with E-state index in [9.17, 15) is 9.18 Å². The summed E-state index contributed by atoms with van der Waals surface area (Å²) in [6.45, 7) is 6.20. The van der Waals surface area contributed by atoms with Gasteiger partial charge in [-0.2, -0.15) is 4.39 Å². The van der Waals surface area contributed by atoms with Gasteiger partial charge in [-0.3, -0.25) is 4.79 Å². The summed E-state index contributed by atoms with van der Waals surface area (Å²) in [5.41, 5.74) is -1.13. The summed E-state index contributed by atoms with van der Waals surface area (Å²) in [5.74, 6) is 0.326. The molecule has 0 unspecified atom stereocenters. The molecule has 2 rings (SSSR count). The van der Waals surface area contributed by atoms with Crippen LogP contribution in [0.2, 0.25) is 0 Å². The van der Waals surface area contributed by atoms with Gasteiger partial charge in [0.1, 0.15) is 11.4 Å². The second kappa shape index (κ2) is 5.41. The number of halogens is 1. The Kier molecular flexibility index (Phi) is 4.04. The minimum atomic E-state index is -0.806. The Hall–Kier alpha value is -1.23. The van der Waals surface area contributed by atoms with Crippen LogP contribution >= 0.6 is 0 Å². The summed E-state index contributed by atoms with van der Waals surface area (Å²) in [6.07, 6.45) is 3.69. The van der Waals surface area contributed by atoms with Crippen LogP contribution < -0.4 is 5.56 Å². The Balaban J connectivity index is 2.42. The molecule has 1 saturated carbocycles. The van der Waals surface area contributed by atoms with Crippen molar-refractivity contribution in [2.45, 2.75) is 52.1 Å². The third kappa shape index (κ3) is 2.71. The number of aryl methyl sites for hydroxylation is 1. The maximum Gasteiger partial charge on any atom is 0.287 e. The van der Waals surface area contributed by atoms with Gasteiger partial charge in [0.25, 0.3) is 5.56 Å². The molecule has 0 amide bonds. The predicted molar refractivity (Wildman–Crippen MR) is 70.5 cm³/mol. The number of H-pyrrole nitrogens is 1. The summed E-state index contributed by atoms with van der Waals surface area (Å²) in [5, 5.41) is 0. The fourth-order valence-electron chi connectivity index (χ4n) is 2.74. The van der Waals surface area contributed by atoms with Crippen LogP contribution in [0.5, 0.6) is 0 Å². The number of hydrogen-bond acceptors (Lipinski definition) is 3. The highest BCUT2D eigenvalue weighted by atomic mass is 19.1. The first kappa shape index (κ1) is 14.2. The predicted octanol–water partition coefficient (Wildman–Crippen LogP) is 2.66. The minimum absolute atomic E-state index is 0.136. The molecule has 5 heteroatoms. The average molecular weight is 268 g/mol. The van der Waals surface area contributed by atoms with Crippen molar-refractivity contribution in [1.29, 1.82) is 0 Å². The molecule has 0 bridgehead atoms. The van der Waals surface area contributed by atoms with E-state index in [0.29, 0.717) is 18.3 Å². The molecule has 0 saturated heterocycles. The van der Waals surface area contributed by atoms with Gasteiger partial charge in [-0.15, -0.1) is 0 Å². The molecule has 0 aliphatic heterocycles. The molecule has 106 valence electrons. The fourth-order valence-corrected chi connectivity index (χ4v) is 2.74. The van der Waals surface area contributed by atoms with E-state index in [1.165, 1.54) is 6.92 Å². The summed E-state index contributed by atoms with van der Waals surface area (Å²) < 4.78 is 19.3. The Labute approximate surface area is 112 Å². The molecular formula is C14H21FN2O2. The molecule has 0 atom stereocenters. The minimum Gasteiger partial charge on any atom is -0.367 e. The zero-order valence-electron chi connectivity index (χ0n) is 11.8. The van der Waals surface area contributed by atoms with Crippen molar-refractivity contribution in [2.24, 2.45) is 5.92 Å². The number of rotatable bonds is 3. The van der Waals surface area contributed by atoms with Crippen LogP contribution in [0.1, 0.15) is 51.0 Å². The van der Waals surface area contributed by atoms with Gasteiger partial charge in [0.05, 0.1) is 5.69 Å². The van der Waals surface area contributed by atoms with Crippen molar-refractivity contribution in [1.82, 2.24) is 9.97 Å². The van der Waals surface area contributed by atoms with E-state index in [-0.39, 0.29) is 5.69 Å². The first-order chi connectivity index (χ1) is 8.98. The first-order valence-electron chi connectivity index (χ1n) is 6.89. The number of aromatic amines is 1. The molecule has 1 aliphatic carbocycles. The Bertz CT molecular complexity index is 505. The van der Waals surface area contributed by atoms with Crippen molar-refractivity contribution >= 4 is 0 Å². The van der Waals surface area contributed by atoms with Crippen LogP contribution in [-0.4, -0.2) is 16.6 Å². The van der Waals surface area contributed by atoms with E-state index in [2.05, 4.69) is 16.9 Å². The maximum atomic E-state index is 13.4. The SMILES string of the molecule is CCOC1(c2nc(C)c(F)c(=O)[nH]2)CCC(C)CC1. The van der Waals surface area contributed by atoms with Crippen LogP contribution in [0, 0.1) is 18.7 Å². The van der Waals surface area contributed by atoms with Crippen LogP contribution in [0.3, 0.4) is 0 Å². The molecule has 19 heavy (non-hydrogen) atoms. The van der Waals surface area contributed by atoms with E-state index in [0.717, 1.165) is 25.7 Å². The molecule has 0 spiro atoms. The molecule has 1 aromatic rings. The van der Waals surface area contributed by atoms with Gasteiger partial charge in [-0.1, -0.05) is 6.92 Å². The smallest absolute Gasteiger partial charge is 0.287 e. The second-order valence-corrected chi connectivity index (χ2v) is 5.42.